The van der Waals surface area contributed by atoms with E-state index in [-0.39, 0.29) is 11.4 Å². The second kappa shape index (κ2) is 4.39. The first-order chi connectivity index (χ1) is 8.80. The van der Waals surface area contributed by atoms with Crippen molar-refractivity contribution in [1.29, 1.82) is 0 Å². The number of halogens is 1. The van der Waals surface area contributed by atoms with Crippen LogP contribution in [0, 0.1) is 15.9 Å². The van der Waals surface area contributed by atoms with Crippen molar-refractivity contribution in [3.05, 3.63) is 46.0 Å². The van der Waals surface area contributed by atoms with Crippen LogP contribution in [0.15, 0.2) is 24.4 Å². The molecule has 0 unspecified atom stereocenters. The fraction of sp³-hybridized carbons (Fsp3) is 0.273. The van der Waals surface area contributed by atoms with E-state index in [1.54, 1.807) is 13.8 Å². The lowest BCUT2D eigenvalue weighted by Gasteiger charge is -2.13. The predicted molar refractivity (Wildman–Crippen MR) is 65.2 cm³/mol. The molecule has 2 aromatic rings. The molecule has 0 aliphatic carbocycles. The van der Waals surface area contributed by atoms with Gasteiger partial charge in [-0.3, -0.25) is 10.1 Å². The average molecular weight is 265 g/mol. The summed E-state index contributed by atoms with van der Waals surface area (Å²) in [4.78, 5) is 10.2. The lowest BCUT2D eigenvalue weighted by Crippen LogP contribution is -2.29. The maximum Gasteiger partial charge on any atom is 0.297 e. The molecule has 2 N–H and O–H groups in total. The summed E-state index contributed by atoms with van der Waals surface area (Å²) in [5.41, 5.74) is 4.85. The van der Waals surface area contributed by atoms with Crippen LogP contribution in [0.25, 0.3) is 5.69 Å². The van der Waals surface area contributed by atoms with Crippen LogP contribution >= 0.6 is 0 Å². The Morgan fingerprint density at radius 1 is 1.47 bits per heavy atom. The van der Waals surface area contributed by atoms with Crippen molar-refractivity contribution < 1.29 is 9.31 Å². The van der Waals surface area contributed by atoms with Crippen molar-refractivity contribution in [1.82, 2.24) is 15.0 Å². The van der Waals surface area contributed by atoms with Gasteiger partial charge >= 0.3 is 0 Å². The summed E-state index contributed by atoms with van der Waals surface area (Å²) in [6.45, 7) is 3.41. The maximum absolute atomic E-state index is 13.8. The zero-order valence-electron chi connectivity index (χ0n) is 10.4. The zero-order chi connectivity index (χ0) is 14.2. The highest BCUT2D eigenvalue weighted by atomic mass is 19.1. The van der Waals surface area contributed by atoms with E-state index < -0.39 is 16.3 Å². The first kappa shape index (κ1) is 13.1. The molecule has 0 saturated heterocycles. The number of hydrogen-bond donors (Lipinski definition) is 1. The van der Waals surface area contributed by atoms with Crippen molar-refractivity contribution in [3.8, 4) is 5.69 Å². The minimum Gasteiger partial charge on any atom is -0.320 e. The molecule has 0 aliphatic rings. The Balaban J connectivity index is 2.59. The summed E-state index contributed by atoms with van der Waals surface area (Å²) in [5, 5.41) is 18.4. The molecule has 0 aliphatic heterocycles. The Morgan fingerprint density at radius 2 is 2.16 bits per heavy atom. The van der Waals surface area contributed by atoms with Gasteiger partial charge in [-0.05, 0) is 19.9 Å². The number of aromatic nitrogens is 3. The number of nitrogens with zero attached hydrogens (tertiary/aromatic N) is 4. The summed E-state index contributed by atoms with van der Waals surface area (Å²) in [5.74, 6) is -0.750. The van der Waals surface area contributed by atoms with Crippen LogP contribution < -0.4 is 5.73 Å². The van der Waals surface area contributed by atoms with E-state index in [1.165, 1.54) is 18.3 Å². The van der Waals surface area contributed by atoms with Crippen LogP contribution in [0.5, 0.6) is 0 Å². The van der Waals surface area contributed by atoms with E-state index in [0.717, 1.165) is 10.7 Å². The van der Waals surface area contributed by atoms with Gasteiger partial charge in [0.1, 0.15) is 5.69 Å². The Kier molecular flexibility index (Phi) is 3.03. The molecule has 0 saturated carbocycles. The van der Waals surface area contributed by atoms with E-state index in [4.69, 9.17) is 5.73 Å². The summed E-state index contributed by atoms with van der Waals surface area (Å²) in [7, 11) is 0. The minimum atomic E-state index is -0.766. The van der Waals surface area contributed by atoms with Crippen LogP contribution in [0.2, 0.25) is 0 Å². The third-order valence-corrected chi connectivity index (χ3v) is 2.54. The molecule has 0 fully saturated rings. The lowest BCUT2D eigenvalue weighted by atomic mass is 10.0. The van der Waals surface area contributed by atoms with Crippen LogP contribution in [0.1, 0.15) is 19.5 Å². The minimum absolute atomic E-state index is 0.254. The van der Waals surface area contributed by atoms with Crippen LogP contribution in [0.4, 0.5) is 10.1 Å². The van der Waals surface area contributed by atoms with E-state index >= 15 is 0 Å². The largest absolute Gasteiger partial charge is 0.320 e. The van der Waals surface area contributed by atoms with Gasteiger partial charge in [-0.2, -0.15) is 0 Å². The van der Waals surface area contributed by atoms with Crippen molar-refractivity contribution in [3.63, 3.8) is 0 Å². The average Bonchev–Trinajstić information content (AvgIpc) is 2.77. The van der Waals surface area contributed by atoms with Gasteiger partial charge in [-0.25, -0.2) is 9.07 Å². The summed E-state index contributed by atoms with van der Waals surface area (Å²) in [6, 6.07) is 3.59. The number of nitrogens with two attached hydrogens (primary N) is 1. The van der Waals surface area contributed by atoms with Gasteiger partial charge in [0.15, 0.2) is 11.5 Å². The van der Waals surface area contributed by atoms with Crippen molar-refractivity contribution >= 4 is 5.69 Å². The summed E-state index contributed by atoms with van der Waals surface area (Å²) in [6.07, 6.45) is 1.38. The fourth-order valence-corrected chi connectivity index (χ4v) is 1.55. The standard InChI is InChI=1S/C11H12FN5O2/c1-11(2,13)9-6-16(15-14-9)10-7(12)4-3-5-8(10)17(18)19/h3-6H,13H2,1-2H3. The third-order valence-electron chi connectivity index (χ3n) is 2.54. The topological polar surface area (TPSA) is 99.9 Å². The molecule has 7 nitrogen and oxygen atoms in total. The van der Waals surface area contributed by atoms with Crippen LogP contribution in [-0.4, -0.2) is 19.9 Å². The maximum atomic E-state index is 13.8. The normalized spacial score (nSPS) is 11.6. The first-order valence-corrected chi connectivity index (χ1v) is 5.45. The zero-order valence-corrected chi connectivity index (χ0v) is 10.4. The van der Waals surface area contributed by atoms with E-state index in [0.29, 0.717) is 5.69 Å². The second-order valence-corrected chi connectivity index (χ2v) is 4.63. The molecule has 0 bridgehead atoms. The Labute approximate surface area is 108 Å². The highest BCUT2D eigenvalue weighted by Crippen LogP contribution is 2.25. The smallest absolute Gasteiger partial charge is 0.297 e. The molecular weight excluding hydrogens is 253 g/mol. The van der Waals surface area contributed by atoms with Crippen LogP contribution in [-0.2, 0) is 5.54 Å². The number of rotatable bonds is 3. The Hall–Kier alpha value is -2.35. The molecule has 1 aromatic heterocycles. The molecule has 100 valence electrons. The van der Waals surface area contributed by atoms with Gasteiger partial charge in [-0.15, -0.1) is 5.10 Å². The van der Waals surface area contributed by atoms with Crippen LogP contribution in [0.3, 0.4) is 0 Å². The van der Waals surface area contributed by atoms with Gasteiger partial charge in [0.25, 0.3) is 5.69 Å². The van der Waals surface area contributed by atoms with Gasteiger partial charge in [0.2, 0.25) is 0 Å². The molecule has 1 heterocycles. The molecular formula is C11H12FN5O2. The predicted octanol–water partition coefficient (Wildman–Crippen LogP) is 1.51. The second-order valence-electron chi connectivity index (χ2n) is 4.63. The fourth-order valence-electron chi connectivity index (χ4n) is 1.55. The first-order valence-electron chi connectivity index (χ1n) is 5.45. The molecule has 0 spiro atoms. The van der Waals surface area contributed by atoms with Crippen molar-refractivity contribution in [2.24, 2.45) is 5.73 Å². The summed E-state index contributed by atoms with van der Waals surface area (Å²) >= 11 is 0. The number of para-hydroxylation sites is 1. The highest BCUT2D eigenvalue weighted by molar-refractivity contribution is 5.52. The molecule has 19 heavy (non-hydrogen) atoms. The number of benzene rings is 1. The number of nitro benzene ring substituents is 1. The SMILES string of the molecule is CC(C)(N)c1cn(-c2c(F)cccc2[N+](=O)[O-])nn1. The molecule has 0 amide bonds. The molecule has 1 aromatic carbocycles. The van der Waals surface area contributed by atoms with Gasteiger partial charge < -0.3 is 5.73 Å². The number of nitro groups is 1. The third kappa shape index (κ3) is 2.43. The van der Waals surface area contributed by atoms with Crippen molar-refractivity contribution in [2.45, 2.75) is 19.4 Å². The van der Waals surface area contributed by atoms with E-state index in [2.05, 4.69) is 10.3 Å². The molecule has 8 heteroatoms. The number of hydrogen-bond acceptors (Lipinski definition) is 5. The van der Waals surface area contributed by atoms with Gasteiger partial charge in [0, 0.05) is 6.07 Å². The van der Waals surface area contributed by atoms with Gasteiger partial charge in [-0.1, -0.05) is 11.3 Å². The molecule has 0 radical (unpaired) electrons. The Bertz CT molecular complexity index is 632. The Morgan fingerprint density at radius 3 is 2.68 bits per heavy atom. The monoisotopic (exact) mass is 265 g/mol. The van der Waals surface area contributed by atoms with E-state index in [9.17, 15) is 14.5 Å². The molecule has 0 atom stereocenters. The lowest BCUT2D eigenvalue weighted by molar-refractivity contribution is -0.384. The van der Waals surface area contributed by atoms with E-state index in [1.807, 2.05) is 0 Å². The van der Waals surface area contributed by atoms with Crippen molar-refractivity contribution in [2.75, 3.05) is 0 Å². The summed E-state index contributed by atoms with van der Waals surface area (Å²) < 4.78 is 14.8. The highest BCUT2D eigenvalue weighted by Gasteiger charge is 2.24. The molecule has 2 rings (SSSR count). The quantitative estimate of drug-likeness (QED) is 0.669. The van der Waals surface area contributed by atoms with Gasteiger partial charge in [0.05, 0.1) is 16.7 Å².